The van der Waals surface area contributed by atoms with E-state index in [9.17, 15) is 9.59 Å². The molecule has 0 aromatic heterocycles. The number of hydrogen-bond acceptors (Lipinski definition) is 5. The lowest BCUT2D eigenvalue weighted by atomic mass is 10.1. The minimum Gasteiger partial charge on any atom is -0.493 e. The van der Waals surface area contributed by atoms with Crippen molar-refractivity contribution >= 4 is 11.9 Å². The monoisotopic (exact) mass is 321 g/mol. The summed E-state index contributed by atoms with van der Waals surface area (Å²) in [6.45, 7) is 0.616. The van der Waals surface area contributed by atoms with Gasteiger partial charge in [-0.2, -0.15) is 0 Å². The first-order chi connectivity index (χ1) is 11.1. The molecule has 1 heterocycles. The Bertz CT molecular complexity index is 572. The van der Waals surface area contributed by atoms with Crippen molar-refractivity contribution in [3.05, 3.63) is 23.8 Å². The van der Waals surface area contributed by atoms with Gasteiger partial charge in [0, 0.05) is 13.0 Å². The Labute approximate surface area is 136 Å². The van der Waals surface area contributed by atoms with Gasteiger partial charge in [0.2, 0.25) is 5.91 Å². The number of ether oxygens (including phenoxy) is 3. The molecule has 0 radical (unpaired) electrons. The fourth-order valence-electron chi connectivity index (χ4n) is 2.88. The number of aryl methyl sites for hydroxylation is 1. The summed E-state index contributed by atoms with van der Waals surface area (Å²) in [5.41, 5.74) is 0.991. The summed E-state index contributed by atoms with van der Waals surface area (Å²) in [5.74, 6) is 0.952. The van der Waals surface area contributed by atoms with Gasteiger partial charge in [-0.25, -0.2) is 4.79 Å². The molecular formula is C17H23NO5. The Morgan fingerprint density at radius 1 is 1.17 bits per heavy atom. The van der Waals surface area contributed by atoms with E-state index in [-0.39, 0.29) is 11.9 Å². The Morgan fingerprint density at radius 2 is 1.91 bits per heavy atom. The highest BCUT2D eigenvalue weighted by Crippen LogP contribution is 2.28. The molecule has 1 saturated heterocycles. The maximum Gasteiger partial charge on any atom is 0.328 e. The number of methoxy groups -OCH3 is 3. The molecule has 1 aromatic rings. The molecule has 6 heteroatoms. The van der Waals surface area contributed by atoms with Gasteiger partial charge < -0.3 is 19.1 Å². The van der Waals surface area contributed by atoms with E-state index in [0.717, 1.165) is 12.0 Å². The zero-order chi connectivity index (χ0) is 16.8. The molecule has 1 aliphatic rings. The van der Waals surface area contributed by atoms with E-state index < -0.39 is 6.04 Å². The van der Waals surface area contributed by atoms with Gasteiger partial charge in [-0.3, -0.25) is 4.79 Å². The SMILES string of the molecule is COC(=O)C1CCCN1C(=O)CCc1ccc(OC)c(OC)c1. The van der Waals surface area contributed by atoms with Gasteiger partial charge in [0.15, 0.2) is 11.5 Å². The van der Waals surface area contributed by atoms with Crippen LogP contribution < -0.4 is 9.47 Å². The van der Waals surface area contributed by atoms with Crippen LogP contribution in [0.2, 0.25) is 0 Å². The number of amides is 1. The topological polar surface area (TPSA) is 65.1 Å². The summed E-state index contributed by atoms with van der Waals surface area (Å²) in [5, 5.41) is 0. The van der Waals surface area contributed by atoms with Crippen LogP contribution in [0.25, 0.3) is 0 Å². The first-order valence-corrected chi connectivity index (χ1v) is 7.69. The molecule has 1 amide bonds. The third kappa shape index (κ3) is 3.94. The average molecular weight is 321 g/mol. The highest BCUT2D eigenvalue weighted by atomic mass is 16.5. The Kier molecular flexibility index (Phi) is 5.84. The van der Waals surface area contributed by atoms with Gasteiger partial charge in [0.05, 0.1) is 21.3 Å². The quantitative estimate of drug-likeness (QED) is 0.748. The second-order valence-corrected chi connectivity index (χ2v) is 5.46. The van der Waals surface area contributed by atoms with Crippen molar-refractivity contribution in [1.82, 2.24) is 4.90 Å². The van der Waals surface area contributed by atoms with E-state index in [0.29, 0.717) is 37.3 Å². The second kappa shape index (κ2) is 7.85. The van der Waals surface area contributed by atoms with Crippen molar-refractivity contribution in [1.29, 1.82) is 0 Å². The molecule has 0 N–H and O–H groups in total. The summed E-state index contributed by atoms with van der Waals surface area (Å²) >= 11 is 0. The van der Waals surface area contributed by atoms with Crippen LogP contribution in [-0.4, -0.2) is 50.7 Å². The summed E-state index contributed by atoms with van der Waals surface area (Å²) < 4.78 is 15.2. The van der Waals surface area contributed by atoms with Crippen LogP contribution in [-0.2, 0) is 20.7 Å². The van der Waals surface area contributed by atoms with Gasteiger partial charge >= 0.3 is 5.97 Å². The molecule has 0 spiro atoms. The molecule has 1 aromatic carbocycles. The summed E-state index contributed by atoms with van der Waals surface area (Å²) in [6, 6.07) is 5.17. The van der Waals surface area contributed by atoms with Gasteiger partial charge in [-0.05, 0) is 37.0 Å². The fourth-order valence-corrected chi connectivity index (χ4v) is 2.88. The normalized spacial score (nSPS) is 17.0. The number of likely N-dealkylation sites (tertiary alicyclic amines) is 1. The molecule has 1 aliphatic heterocycles. The first kappa shape index (κ1) is 17.1. The van der Waals surface area contributed by atoms with E-state index in [1.807, 2.05) is 18.2 Å². The molecule has 0 saturated carbocycles. The minimum atomic E-state index is -0.432. The molecule has 0 bridgehead atoms. The average Bonchev–Trinajstić information content (AvgIpc) is 3.08. The molecule has 1 atom stereocenters. The van der Waals surface area contributed by atoms with Gasteiger partial charge in [-0.1, -0.05) is 6.07 Å². The molecule has 2 rings (SSSR count). The van der Waals surface area contributed by atoms with Gasteiger partial charge in [0.1, 0.15) is 6.04 Å². The molecule has 126 valence electrons. The number of hydrogen-bond donors (Lipinski definition) is 0. The second-order valence-electron chi connectivity index (χ2n) is 5.46. The summed E-state index contributed by atoms with van der Waals surface area (Å²) in [6.07, 6.45) is 2.45. The lowest BCUT2D eigenvalue weighted by molar-refractivity contribution is -0.150. The van der Waals surface area contributed by atoms with Gasteiger partial charge in [-0.15, -0.1) is 0 Å². The van der Waals surface area contributed by atoms with Crippen LogP contribution in [0.15, 0.2) is 18.2 Å². The Hall–Kier alpha value is -2.24. The number of carbonyl (C=O) groups is 2. The summed E-state index contributed by atoms with van der Waals surface area (Å²) in [7, 11) is 4.52. The van der Waals surface area contributed by atoms with E-state index >= 15 is 0 Å². The standard InChI is InChI=1S/C17H23NO5/c1-21-14-8-6-12(11-15(14)22-2)7-9-16(19)18-10-4-5-13(18)17(20)23-3/h6,8,11,13H,4-5,7,9-10H2,1-3H3. The van der Waals surface area contributed by atoms with E-state index in [1.165, 1.54) is 7.11 Å². The third-order valence-electron chi connectivity index (χ3n) is 4.12. The van der Waals surface area contributed by atoms with Crippen molar-refractivity contribution in [2.24, 2.45) is 0 Å². The molecule has 1 fully saturated rings. The predicted octanol–water partition coefficient (Wildman–Crippen LogP) is 1.80. The third-order valence-corrected chi connectivity index (χ3v) is 4.12. The smallest absolute Gasteiger partial charge is 0.328 e. The zero-order valence-electron chi connectivity index (χ0n) is 13.8. The van der Waals surface area contributed by atoms with Crippen molar-refractivity contribution in [2.75, 3.05) is 27.9 Å². The predicted molar refractivity (Wildman–Crippen MR) is 84.6 cm³/mol. The molecule has 0 aliphatic carbocycles. The highest BCUT2D eigenvalue weighted by molar-refractivity contribution is 5.85. The Balaban J connectivity index is 1.97. The van der Waals surface area contributed by atoms with E-state index in [1.54, 1.807) is 19.1 Å². The van der Waals surface area contributed by atoms with Crippen molar-refractivity contribution in [3.63, 3.8) is 0 Å². The molecule has 1 unspecified atom stereocenters. The number of nitrogens with zero attached hydrogens (tertiary/aromatic N) is 1. The van der Waals surface area contributed by atoms with Crippen LogP contribution in [0.4, 0.5) is 0 Å². The number of benzene rings is 1. The molecule has 6 nitrogen and oxygen atoms in total. The van der Waals surface area contributed by atoms with E-state index in [4.69, 9.17) is 14.2 Å². The van der Waals surface area contributed by atoms with Crippen LogP contribution in [0.5, 0.6) is 11.5 Å². The lowest BCUT2D eigenvalue weighted by Gasteiger charge is -2.22. The zero-order valence-corrected chi connectivity index (χ0v) is 13.8. The largest absolute Gasteiger partial charge is 0.493 e. The Morgan fingerprint density at radius 3 is 2.57 bits per heavy atom. The minimum absolute atomic E-state index is 0.0207. The van der Waals surface area contributed by atoms with Crippen molar-refractivity contribution < 1.29 is 23.8 Å². The van der Waals surface area contributed by atoms with Crippen LogP contribution in [0.1, 0.15) is 24.8 Å². The van der Waals surface area contributed by atoms with Crippen LogP contribution in [0.3, 0.4) is 0 Å². The lowest BCUT2D eigenvalue weighted by Crippen LogP contribution is -2.41. The van der Waals surface area contributed by atoms with Crippen LogP contribution in [0, 0.1) is 0 Å². The van der Waals surface area contributed by atoms with Gasteiger partial charge in [0.25, 0.3) is 0 Å². The highest BCUT2D eigenvalue weighted by Gasteiger charge is 2.34. The van der Waals surface area contributed by atoms with Crippen molar-refractivity contribution in [2.45, 2.75) is 31.7 Å². The first-order valence-electron chi connectivity index (χ1n) is 7.69. The molecule has 23 heavy (non-hydrogen) atoms. The van der Waals surface area contributed by atoms with Crippen LogP contribution >= 0.6 is 0 Å². The van der Waals surface area contributed by atoms with Crippen molar-refractivity contribution in [3.8, 4) is 11.5 Å². The maximum absolute atomic E-state index is 12.4. The summed E-state index contributed by atoms with van der Waals surface area (Å²) in [4.78, 5) is 25.7. The number of carbonyl (C=O) groups excluding carboxylic acids is 2. The fraction of sp³-hybridized carbons (Fsp3) is 0.529. The number of esters is 1. The maximum atomic E-state index is 12.4. The number of rotatable bonds is 6. The molecular weight excluding hydrogens is 298 g/mol. The van der Waals surface area contributed by atoms with E-state index in [2.05, 4.69) is 0 Å².